The standard InChI is InChI=1S/C12H6Cl2N2/c13-9-1-2-11(12(14)5-9)10-3-4-16-7-8(10)6-15/h1-5,7H. The van der Waals surface area contributed by atoms with Crippen LogP contribution in [0.25, 0.3) is 11.1 Å². The van der Waals surface area contributed by atoms with Crippen LogP contribution in [-0.2, 0) is 0 Å². The van der Waals surface area contributed by atoms with Gasteiger partial charge >= 0.3 is 0 Å². The number of pyridine rings is 1. The first-order chi connectivity index (χ1) is 7.72. The van der Waals surface area contributed by atoms with Crippen LogP contribution in [0.4, 0.5) is 0 Å². The third-order valence-corrected chi connectivity index (χ3v) is 2.71. The van der Waals surface area contributed by atoms with Crippen molar-refractivity contribution in [3.8, 4) is 17.2 Å². The molecule has 0 unspecified atom stereocenters. The van der Waals surface area contributed by atoms with Gasteiger partial charge in [-0.2, -0.15) is 5.26 Å². The van der Waals surface area contributed by atoms with Crippen molar-refractivity contribution in [1.82, 2.24) is 4.98 Å². The van der Waals surface area contributed by atoms with E-state index in [1.165, 1.54) is 6.20 Å². The lowest BCUT2D eigenvalue weighted by atomic mass is 10.0. The second kappa shape index (κ2) is 4.52. The number of halogens is 2. The molecule has 0 amide bonds. The van der Waals surface area contributed by atoms with Crippen LogP contribution >= 0.6 is 23.2 Å². The Hall–Kier alpha value is -1.56. The number of hydrogen-bond acceptors (Lipinski definition) is 2. The van der Waals surface area contributed by atoms with E-state index in [2.05, 4.69) is 11.1 Å². The number of nitrogens with zero attached hydrogens (tertiary/aromatic N) is 2. The summed E-state index contributed by atoms with van der Waals surface area (Å²) in [5.74, 6) is 0. The van der Waals surface area contributed by atoms with E-state index in [4.69, 9.17) is 28.5 Å². The van der Waals surface area contributed by atoms with Gasteiger partial charge in [-0.25, -0.2) is 0 Å². The molecule has 1 aromatic heterocycles. The maximum absolute atomic E-state index is 8.97. The van der Waals surface area contributed by atoms with Crippen LogP contribution in [-0.4, -0.2) is 4.98 Å². The van der Waals surface area contributed by atoms with Gasteiger partial charge in [-0.05, 0) is 18.2 Å². The van der Waals surface area contributed by atoms with E-state index in [0.29, 0.717) is 15.6 Å². The van der Waals surface area contributed by atoms with Gasteiger partial charge in [0.25, 0.3) is 0 Å². The zero-order chi connectivity index (χ0) is 11.5. The van der Waals surface area contributed by atoms with Gasteiger partial charge in [0.2, 0.25) is 0 Å². The Morgan fingerprint density at radius 3 is 2.62 bits per heavy atom. The fourth-order valence-electron chi connectivity index (χ4n) is 1.43. The molecule has 0 aliphatic rings. The average Bonchev–Trinajstić information content (AvgIpc) is 2.29. The molecular weight excluding hydrogens is 243 g/mol. The summed E-state index contributed by atoms with van der Waals surface area (Å²) < 4.78 is 0. The van der Waals surface area contributed by atoms with Gasteiger partial charge in [0, 0.05) is 33.6 Å². The Bertz CT molecular complexity index is 573. The SMILES string of the molecule is N#Cc1cnccc1-c1ccc(Cl)cc1Cl. The van der Waals surface area contributed by atoms with Crippen molar-refractivity contribution in [1.29, 1.82) is 5.26 Å². The first-order valence-electron chi connectivity index (χ1n) is 4.52. The van der Waals surface area contributed by atoms with Crippen LogP contribution in [0, 0.1) is 11.3 Å². The third kappa shape index (κ3) is 2.01. The van der Waals surface area contributed by atoms with Gasteiger partial charge in [0.1, 0.15) is 6.07 Å². The predicted octanol–water partition coefficient (Wildman–Crippen LogP) is 3.93. The van der Waals surface area contributed by atoms with Crippen LogP contribution in [0.2, 0.25) is 10.0 Å². The smallest absolute Gasteiger partial charge is 0.101 e. The van der Waals surface area contributed by atoms with Crippen LogP contribution in [0.5, 0.6) is 0 Å². The Kier molecular flexibility index (Phi) is 3.09. The molecule has 0 fully saturated rings. The van der Waals surface area contributed by atoms with E-state index in [-0.39, 0.29) is 0 Å². The maximum atomic E-state index is 8.97. The predicted molar refractivity (Wildman–Crippen MR) is 64.4 cm³/mol. The Balaban J connectivity index is 2.64. The highest BCUT2D eigenvalue weighted by atomic mass is 35.5. The van der Waals surface area contributed by atoms with E-state index in [1.807, 2.05) is 0 Å². The average molecular weight is 249 g/mol. The second-order valence-electron chi connectivity index (χ2n) is 3.16. The number of benzene rings is 1. The lowest BCUT2D eigenvalue weighted by Gasteiger charge is -2.06. The number of hydrogen-bond donors (Lipinski definition) is 0. The van der Waals surface area contributed by atoms with Crippen molar-refractivity contribution in [3.05, 3.63) is 52.3 Å². The molecule has 0 aliphatic carbocycles. The van der Waals surface area contributed by atoms with E-state index in [1.54, 1.807) is 30.5 Å². The summed E-state index contributed by atoms with van der Waals surface area (Å²) in [6.07, 6.45) is 3.14. The molecule has 2 rings (SSSR count). The molecule has 2 nitrogen and oxygen atoms in total. The molecule has 0 radical (unpaired) electrons. The number of aromatic nitrogens is 1. The summed E-state index contributed by atoms with van der Waals surface area (Å²) >= 11 is 11.9. The molecule has 0 bridgehead atoms. The quantitative estimate of drug-likeness (QED) is 0.767. The van der Waals surface area contributed by atoms with Crippen LogP contribution < -0.4 is 0 Å². The fourth-order valence-corrected chi connectivity index (χ4v) is 1.94. The van der Waals surface area contributed by atoms with Gasteiger partial charge in [0.15, 0.2) is 0 Å². The summed E-state index contributed by atoms with van der Waals surface area (Å²) in [5.41, 5.74) is 2.04. The lowest BCUT2D eigenvalue weighted by Crippen LogP contribution is -1.86. The molecule has 0 atom stereocenters. The minimum absolute atomic E-state index is 0.492. The molecule has 16 heavy (non-hydrogen) atoms. The molecule has 0 aliphatic heterocycles. The summed E-state index contributed by atoms with van der Waals surface area (Å²) in [5, 5.41) is 10.1. The van der Waals surface area contributed by atoms with Crippen molar-refractivity contribution in [2.75, 3.05) is 0 Å². The molecule has 1 heterocycles. The molecule has 0 N–H and O–H groups in total. The highest BCUT2D eigenvalue weighted by molar-refractivity contribution is 6.36. The fraction of sp³-hybridized carbons (Fsp3) is 0. The van der Waals surface area contributed by atoms with Gasteiger partial charge < -0.3 is 0 Å². The van der Waals surface area contributed by atoms with Crippen molar-refractivity contribution in [2.24, 2.45) is 0 Å². The van der Waals surface area contributed by atoms with Crippen LogP contribution in [0.1, 0.15) is 5.56 Å². The number of nitriles is 1. The zero-order valence-corrected chi connectivity index (χ0v) is 9.63. The van der Waals surface area contributed by atoms with Gasteiger partial charge in [-0.15, -0.1) is 0 Å². The van der Waals surface area contributed by atoms with Gasteiger partial charge in [0.05, 0.1) is 5.56 Å². The van der Waals surface area contributed by atoms with Crippen molar-refractivity contribution in [2.45, 2.75) is 0 Å². The monoisotopic (exact) mass is 248 g/mol. The summed E-state index contributed by atoms with van der Waals surface area (Å²) in [7, 11) is 0. The lowest BCUT2D eigenvalue weighted by molar-refractivity contribution is 1.30. The van der Waals surface area contributed by atoms with Gasteiger partial charge in [-0.1, -0.05) is 29.3 Å². The van der Waals surface area contributed by atoms with E-state index >= 15 is 0 Å². The summed E-state index contributed by atoms with van der Waals surface area (Å²) in [4.78, 5) is 3.90. The highest BCUT2D eigenvalue weighted by Gasteiger charge is 2.08. The number of rotatable bonds is 1. The molecule has 0 saturated heterocycles. The van der Waals surface area contributed by atoms with E-state index < -0.39 is 0 Å². The largest absolute Gasteiger partial charge is 0.263 e. The zero-order valence-electron chi connectivity index (χ0n) is 8.11. The normalized spacial score (nSPS) is 9.81. The Morgan fingerprint density at radius 1 is 1.12 bits per heavy atom. The Labute approximate surface area is 103 Å². The van der Waals surface area contributed by atoms with Gasteiger partial charge in [-0.3, -0.25) is 4.98 Å². The van der Waals surface area contributed by atoms with E-state index in [0.717, 1.165) is 11.1 Å². The first kappa shape index (κ1) is 10.9. The maximum Gasteiger partial charge on any atom is 0.101 e. The second-order valence-corrected chi connectivity index (χ2v) is 4.00. The van der Waals surface area contributed by atoms with Crippen molar-refractivity contribution < 1.29 is 0 Å². The highest BCUT2D eigenvalue weighted by Crippen LogP contribution is 2.31. The third-order valence-electron chi connectivity index (χ3n) is 2.16. The minimum Gasteiger partial charge on any atom is -0.263 e. The molecule has 1 aromatic carbocycles. The first-order valence-corrected chi connectivity index (χ1v) is 5.27. The summed E-state index contributed by atoms with van der Waals surface area (Å²) in [6.45, 7) is 0. The van der Waals surface area contributed by atoms with Crippen molar-refractivity contribution in [3.63, 3.8) is 0 Å². The van der Waals surface area contributed by atoms with Crippen LogP contribution in [0.3, 0.4) is 0 Å². The molecule has 0 spiro atoms. The molecule has 78 valence electrons. The minimum atomic E-state index is 0.492. The Morgan fingerprint density at radius 2 is 1.94 bits per heavy atom. The molecule has 4 heteroatoms. The molecular formula is C12H6Cl2N2. The van der Waals surface area contributed by atoms with Crippen molar-refractivity contribution >= 4 is 23.2 Å². The van der Waals surface area contributed by atoms with E-state index in [9.17, 15) is 0 Å². The topological polar surface area (TPSA) is 36.7 Å². The molecule has 2 aromatic rings. The molecule has 0 saturated carbocycles. The van der Waals surface area contributed by atoms with Crippen LogP contribution in [0.15, 0.2) is 36.7 Å². The summed E-state index contributed by atoms with van der Waals surface area (Å²) in [6, 6.07) is 9.03.